The van der Waals surface area contributed by atoms with Crippen molar-refractivity contribution in [3.05, 3.63) is 11.6 Å². The second-order valence-corrected chi connectivity index (χ2v) is 4.83. The number of nitrogens with zero attached hydrogens (tertiary/aromatic N) is 3. The number of hydrogen-bond acceptors (Lipinski definition) is 3. The van der Waals surface area contributed by atoms with Gasteiger partial charge >= 0.3 is 0 Å². The van der Waals surface area contributed by atoms with Crippen LogP contribution in [0.25, 0.3) is 0 Å². The average Bonchev–Trinajstić information content (AvgIpc) is 2.78. The van der Waals surface area contributed by atoms with Crippen molar-refractivity contribution in [2.45, 2.75) is 39.5 Å². The molecule has 1 aliphatic rings. The van der Waals surface area contributed by atoms with E-state index in [2.05, 4.69) is 29.0 Å². The number of aromatic amines is 1. The molecule has 1 amide bonds. The summed E-state index contributed by atoms with van der Waals surface area (Å²) >= 11 is 0. The summed E-state index contributed by atoms with van der Waals surface area (Å²) in [5, 5.41) is 6.83. The molecular weight excluding hydrogens is 216 g/mol. The van der Waals surface area contributed by atoms with E-state index in [-0.39, 0.29) is 5.91 Å². The fraction of sp³-hybridized carbons (Fsp3) is 0.750. The van der Waals surface area contributed by atoms with Gasteiger partial charge in [0.2, 0.25) is 5.82 Å². The van der Waals surface area contributed by atoms with E-state index in [0.717, 1.165) is 50.5 Å². The SMILES string of the molecule is CCCc1nc(C(=O)N2CCC(C)CC2)n[nH]1. The minimum atomic E-state index is -0.0319. The van der Waals surface area contributed by atoms with Crippen molar-refractivity contribution in [3.63, 3.8) is 0 Å². The van der Waals surface area contributed by atoms with Crippen LogP contribution in [-0.2, 0) is 6.42 Å². The predicted octanol–water partition coefficient (Wildman–Crippen LogP) is 1.63. The molecular formula is C12H20N4O. The fourth-order valence-corrected chi connectivity index (χ4v) is 2.09. The molecule has 0 radical (unpaired) electrons. The number of aryl methyl sites for hydroxylation is 1. The maximum absolute atomic E-state index is 12.1. The lowest BCUT2D eigenvalue weighted by Gasteiger charge is -2.29. The zero-order valence-electron chi connectivity index (χ0n) is 10.6. The summed E-state index contributed by atoms with van der Waals surface area (Å²) in [5.74, 6) is 1.82. The van der Waals surface area contributed by atoms with Gasteiger partial charge in [0.25, 0.3) is 5.91 Å². The molecule has 1 saturated heterocycles. The first-order valence-electron chi connectivity index (χ1n) is 6.41. The van der Waals surface area contributed by atoms with E-state index in [1.807, 2.05) is 4.90 Å². The molecule has 0 aliphatic carbocycles. The third-order valence-corrected chi connectivity index (χ3v) is 3.28. The summed E-state index contributed by atoms with van der Waals surface area (Å²) in [6.45, 7) is 5.97. The standard InChI is InChI=1S/C12H20N4O/c1-3-4-10-13-11(15-14-10)12(17)16-7-5-9(2)6-8-16/h9H,3-8H2,1-2H3,(H,13,14,15). The second kappa shape index (κ2) is 5.29. The van der Waals surface area contributed by atoms with Gasteiger partial charge in [0, 0.05) is 19.5 Å². The van der Waals surface area contributed by atoms with Gasteiger partial charge < -0.3 is 4.90 Å². The Bertz CT molecular complexity index is 380. The summed E-state index contributed by atoms with van der Waals surface area (Å²) in [5.41, 5.74) is 0. The van der Waals surface area contributed by atoms with Gasteiger partial charge in [0.05, 0.1) is 0 Å². The van der Waals surface area contributed by atoms with Crippen LogP contribution >= 0.6 is 0 Å². The van der Waals surface area contributed by atoms with E-state index in [9.17, 15) is 4.79 Å². The van der Waals surface area contributed by atoms with Crippen LogP contribution in [0.5, 0.6) is 0 Å². The van der Waals surface area contributed by atoms with Gasteiger partial charge in [-0.3, -0.25) is 9.89 Å². The van der Waals surface area contributed by atoms with Crippen molar-refractivity contribution < 1.29 is 4.79 Å². The molecule has 1 aromatic heterocycles. The lowest BCUT2D eigenvalue weighted by molar-refractivity contribution is 0.0685. The highest BCUT2D eigenvalue weighted by atomic mass is 16.2. The lowest BCUT2D eigenvalue weighted by Crippen LogP contribution is -2.38. The number of hydrogen-bond donors (Lipinski definition) is 1. The Hall–Kier alpha value is -1.39. The maximum atomic E-state index is 12.1. The van der Waals surface area contributed by atoms with E-state index in [1.165, 1.54) is 0 Å². The number of carbonyl (C=O) groups excluding carboxylic acids is 1. The highest BCUT2D eigenvalue weighted by Gasteiger charge is 2.24. The molecule has 5 nitrogen and oxygen atoms in total. The van der Waals surface area contributed by atoms with E-state index in [0.29, 0.717) is 5.82 Å². The molecule has 94 valence electrons. The third-order valence-electron chi connectivity index (χ3n) is 3.28. The molecule has 1 aromatic rings. The first-order valence-corrected chi connectivity index (χ1v) is 6.41. The first kappa shape index (κ1) is 12.1. The van der Waals surface area contributed by atoms with E-state index < -0.39 is 0 Å². The highest BCUT2D eigenvalue weighted by Crippen LogP contribution is 2.17. The lowest BCUT2D eigenvalue weighted by atomic mass is 9.99. The molecule has 0 aromatic carbocycles. The molecule has 1 aliphatic heterocycles. The van der Waals surface area contributed by atoms with Gasteiger partial charge in [-0.1, -0.05) is 13.8 Å². The fourth-order valence-electron chi connectivity index (χ4n) is 2.09. The number of H-pyrrole nitrogens is 1. The van der Waals surface area contributed by atoms with Gasteiger partial charge in [-0.25, -0.2) is 4.98 Å². The van der Waals surface area contributed by atoms with Crippen LogP contribution in [0, 0.1) is 5.92 Å². The van der Waals surface area contributed by atoms with Crippen molar-refractivity contribution in [3.8, 4) is 0 Å². The van der Waals surface area contributed by atoms with Crippen LogP contribution in [0.15, 0.2) is 0 Å². The van der Waals surface area contributed by atoms with Crippen LogP contribution in [0.4, 0.5) is 0 Å². The zero-order valence-corrected chi connectivity index (χ0v) is 10.6. The van der Waals surface area contributed by atoms with Crippen molar-refractivity contribution in [2.24, 2.45) is 5.92 Å². The van der Waals surface area contributed by atoms with Crippen LogP contribution in [-0.4, -0.2) is 39.1 Å². The summed E-state index contributed by atoms with van der Waals surface area (Å²) in [6, 6.07) is 0. The monoisotopic (exact) mass is 236 g/mol. The highest BCUT2D eigenvalue weighted by molar-refractivity contribution is 5.90. The average molecular weight is 236 g/mol. The molecule has 1 fully saturated rings. The van der Waals surface area contributed by atoms with E-state index in [4.69, 9.17) is 0 Å². The Kier molecular flexibility index (Phi) is 3.76. The van der Waals surface area contributed by atoms with Crippen molar-refractivity contribution in [1.82, 2.24) is 20.1 Å². The Labute approximate surface area is 102 Å². The Morgan fingerprint density at radius 2 is 2.18 bits per heavy atom. The smallest absolute Gasteiger partial charge is 0.293 e. The first-order chi connectivity index (χ1) is 8.20. The number of carbonyl (C=O) groups is 1. The van der Waals surface area contributed by atoms with Crippen molar-refractivity contribution in [2.75, 3.05) is 13.1 Å². The Balaban J connectivity index is 1.98. The largest absolute Gasteiger partial charge is 0.336 e. The number of aromatic nitrogens is 3. The number of likely N-dealkylation sites (tertiary alicyclic amines) is 1. The molecule has 2 heterocycles. The van der Waals surface area contributed by atoms with Crippen molar-refractivity contribution >= 4 is 5.91 Å². The topological polar surface area (TPSA) is 61.9 Å². The van der Waals surface area contributed by atoms with Crippen molar-refractivity contribution in [1.29, 1.82) is 0 Å². The van der Waals surface area contributed by atoms with Gasteiger partial charge in [-0.05, 0) is 25.2 Å². The normalized spacial score (nSPS) is 17.4. The zero-order chi connectivity index (χ0) is 12.3. The summed E-state index contributed by atoms with van der Waals surface area (Å²) in [6.07, 6.45) is 4.01. The van der Waals surface area contributed by atoms with Crippen LogP contribution < -0.4 is 0 Å². The Morgan fingerprint density at radius 3 is 2.82 bits per heavy atom. The van der Waals surface area contributed by atoms with Gasteiger partial charge in [0.15, 0.2) is 0 Å². The molecule has 1 N–H and O–H groups in total. The molecule has 0 unspecified atom stereocenters. The second-order valence-electron chi connectivity index (χ2n) is 4.83. The molecule has 0 spiro atoms. The van der Waals surface area contributed by atoms with Gasteiger partial charge in [0.1, 0.15) is 5.82 Å². The number of rotatable bonds is 3. The minimum absolute atomic E-state index is 0.0319. The summed E-state index contributed by atoms with van der Waals surface area (Å²) in [4.78, 5) is 18.2. The number of nitrogens with one attached hydrogen (secondary N) is 1. The third kappa shape index (κ3) is 2.84. The van der Waals surface area contributed by atoms with Gasteiger partial charge in [-0.15, -0.1) is 5.10 Å². The van der Waals surface area contributed by atoms with Crippen LogP contribution in [0.1, 0.15) is 49.6 Å². The summed E-state index contributed by atoms with van der Waals surface area (Å²) in [7, 11) is 0. The van der Waals surface area contributed by atoms with E-state index in [1.54, 1.807) is 0 Å². The molecule has 5 heteroatoms. The Morgan fingerprint density at radius 1 is 1.47 bits per heavy atom. The molecule has 2 rings (SSSR count). The predicted molar refractivity (Wildman–Crippen MR) is 64.7 cm³/mol. The minimum Gasteiger partial charge on any atom is -0.336 e. The van der Waals surface area contributed by atoms with Gasteiger partial charge in [-0.2, -0.15) is 0 Å². The molecule has 0 atom stereocenters. The maximum Gasteiger partial charge on any atom is 0.293 e. The molecule has 17 heavy (non-hydrogen) atoms. The van der Waals surface area contributed by atoms with Crippen LogP contribution in [0.3, 0.4) is 0 Å². The molecule has 0 saturated carbocycles. The molecule has 0 bridgehead atoms. The van der Waals surface area contributed by atoms with E-state index >= 15 is 0 Å². The number of piperidine rings is 1. The number of amides is 1. The summed E-state index contributed by atoms with van der Waals surface area (Å²) < 4.78 is 0. The van der Waals surface area contributed by atoms with Crippen LogP contribution in [0.2, 0.25) is 0 Å². The quantitative estimate of drug-likeness (QED) is 0.867.